The van der Waals surface area contributed by atoms with Crippen LogP contribution in [0.1, 0.15) is 16.8 Å². The number of nitrogen functional groups attached to an aromatic ring is 1. The minimum absolute atomic E-state index is 0.0601. The van der Waals surface area contributed by atoms with Gasteiger partial charge in [-0.2, -0.15) is 0 Å². The van der Waals surface area contributed by atoms with Crippen molar-refractivity contribution in [2.75, 3.05) is 0 Å². The summed E-state index contributed by atoms with van der Waals surface area (Å²) in [5.74, 6) is 0.871. The summed E-state index contributed by atoms with van der Waals surface area (Å²) >= 11 is 0. The van der Waals surface area contributed by atoms with Gasteiger partial charge in [0.2, 0.25) is 0 Å². The molecule has 7 nitrogen and oxygen atoms in total. The van der Waals surface area contributed by atoms with Crippen molar-refractivity contribution in [1.29, 1.82) is 5.41 Å². The standard InChI is InChI=1S/C14H14N4O3/c1-8-6-13(9(2)5-12(8)18(19)20)21-10-3-4-11(14(15)16)17-7-10/h3-7H,1-2H3,(H3,15,16). The van der Waals surface area contributed by atoms with Crippen molar-refractivity contribution >= 4 is 11.5 Å². The van der Waals surface area contributed by atoms with Crippen LogP contribution in [0.2, 0.25) is 0 Å². The Labute approximate surface area is 121 Å². The molecule has 7 heteroatoms. The predicted octanol–water partition coefficient (Wildman–Crippen LogP) is 2.68. The van der Waals surface area contributed by atoms with E-state index in [2.05, 4.69) is 4.98 Å². The predicted molar refractivity (Wildman–Crippen MR) is 77.9 cm³/mol. The van der Waals surface area contributed by atoms with Crippen LogP contribution >= 0.6 is 0 Å². The molecule has 2 aromatic rings. The van der Waals surface area contributed by atoms with Gasteiger partial charge >= 0.3 is 0 Å². The fraction of sp³-hybridized carbons (Fsp3) is 0.143. The van der Waals surface area contributed by atoms with Crippen LogP contribution in [0.4, 0.5) is 5.69 Å². The molecule has 0 spiro atoms. The van der Waals surface area contributed by atoms with E-state index in [4.69, 9.17) is 15.9 Å². The van der Waals surface area contributed by atoms with Gasteiger partial charge in [-0.3, -0.25) is 15.5 Å². The van der Waals surface area contributed by atoms with Crippen LogP contribution in [0.15, 0.2) is 30.5 Å². The zero-order chi connectivity index (χ0) is 15.6. The van der Waals surface area contributed by atoms with E-state index in [0.29, 0.717) is 28.3 Å². The average Bonchev–Trinajstić information content (AvgIpc) is 2.42. The number of aromatic nitrogens is 1. The van der Waals surface area contributed by atoms with Gasteiger partial charge in [-0.25, -0.2) is 4.98 Å². The molecule has 0 saturated carbocycles. The van der Waals surface area contributed by atoms with E-state index in [0.717, 1.165) is 0 Å². The van der Waals surface area contributed by atoms with Crippen LogP contribution < -0.4 is 10.5 Å². The van der Waals surface area contributed by atoms with E-state index in [9.17, 15) is 10.1 Å². The summed E-state index contributed by atoms with van der Waals surface area (Å²) < 4.78 is 5.66. The van der Waals surface area contributed by atoms with Crippen LogP contribution in [0.3, 0.4) is 0 Å². The normalized spacial score (nSPS) is 10.2. The van der Waals surface area contributed by atoms with Crippen molar-refractivity contribution < 1.29 is 9.66 Å². The molecule has 0 saturated heterocycles. The van der Waals surface area contributed by atoms with Gasteiger partial charge in [0, 0.05) is 11.6 Å². The summed E-state index contributed by atoms with van der Waals surface area (Å²) in [6, 6.07) is 6.31. The van der Waals surface area contributed by atoms with Gasteiger partial charge in [0.15, 0.2) is 0 Å². The molecule has 0 bridgehead atoms. The number of nitro benzene ring substituents is 1. The minimum Gasteiger partial charge on any atom is -0.455 e. The molecule has 1 heterocycles. The van der Waals surface area contributed by atoms with Crippen molar-refractivity contribution in [1.82, 2.24) is 4.98 Å². The van der Waals surface area contributed by atoms with Crippen molar-refractivity contribution in [3.63, 3.8) is 0 Å². The topological polar surface area (TPSA) is 115 Å². The number of benzene rings is 1. The minimum atomic E-state index is -0.421. The summed E-state index contributed by atoms with van der Waals surface area (Å²) in [7, 11) is 0. The van der Waals surface area contributed by atoms with Crippen molar-refractivity contribution in [3.8, 4) is 11.5 Å². The Balaban J connectivity index is 2.29. The Morgan fingerprint density at radius 3 is 2.57 bits per heavy atom. The van der Waals surface area contributed by atoms with Gasteiger partial charge in [0.05, 0.1) is 11.1 Å². The highest BCUT2D eigenvalue weighted by molar-refractivity contribution is 5.92. The molecule has 0 unspecified atom stereocenters. The first-order chi connectivity index (χ1) is 9.88. The first-order valence-corrected chi connectivity index (χ1v) is 6.12. The molecular formula is C14H14N4O3. The molecule has 2 rings (SSSR count). The van der Waals surface area contributed by atoms with E-state index >= 15 is 0 Å². The lowest BCUT2D eigenvalue weighted by Crippen LogP contribution is -2.12. The Kier molecular flexibility index (Phi) is 3.84. The first-order valence-electron chi connectivity index (χ1n) is 6.12. The number of pyridine rings is 1. The fourth-order valence-electron chi connectivity index (χ4n) is 1.81. The molecule has 0 radical (unpaired) electrons. The monoisotopic (exact) mass is 286 g/mol. The third kappa shape index (κ3) is 3.14. The average molecular weight is 286 g/mol. The van der Waals surface area contributed by atoms with Gasteiger partial charge in [0.1, 0.15) is 23.0 Å². The molecule has 0 aliphatic heterocycles. The molecule has 108 valence electrons. The maximum absolute atomic E-state index is 10.9. The highest BCUT2D eigenvalue weighted by Crippen LogP contribution is 2.30. The zero-order valence-corrected chi connectivity index (χ0v) is 11.6. The summed E-state index contributed by atoms with van der Waals surface area (Å²) in [5, 5.41) is 18.1. The van der Waals surface area contributed by atoms with Gasteiger partial charge in [0.25, 0.3) is 5.69 Å². The van der Waals surface area contributed by atoms with E-state index in [-0.39, 0.29) is 11.5 Å². The van der Waals surface area contributed by atoms with E-state index in [1.807, 2.05) is 0 Å². The number of nitro groups is 1. The Morgan fingerprint density at radius 2 is 2.05 bits per heavy atom. The fourth-order valence-corrected chi connectivity index (χ4v) is 1.81. The second-order valence-corrected chi connectivity index (χ2v) is 4.56. The van der Waals surface area contributed by atoms with E-state index in [1.165, 1.54) is 12.3 Å². The van der Waals surface area contributed by atoms with Crippen molar-refractivity contribution in [2.24, 2.45) is 5.73 Å². The number of nitrogens with one attached hydrogen (secondary N) is 1. The summed E-state index contributed by atoms with van der Waals surface area (Å²) in [6.45, 7) is 3.39. The van der Waals surface area contributed by atoms with Crippen LogP contribution in [0, 0.1) is 29.4 Å². The third-order valence-electron chi connectivity index (χ3n) is 2.93. The number of rotatable bonds is 4. The number of ether oxygens (including phenoxy) is 1. The lowest BCUT2D eigenvalue weighted by molar-refractivity contribution is -0.385. The molecule has 1 aromatic heterocycles. The number of aryl methyl sites for hydroxylation is 2. The molecule has 0 amide bonds. The molecular weight excluding hydrogens is 272 g/mol. The quantitative estimate of drug-likeness (QED) is 0.388. The van der Waals surface area contributed by atoms with Gasteiger partial charge in [-0.05, 0) is 37.6 Å². The SMILES string of the molecule is Cc1cc([N+](=O)[O-])c(C)cc1Oc1ccc(C(=N)N)nc1. The van der Waals surface area contributed by atoms with Crippen LogP contribution in [-0.4, -0.2) is 15.7 Å². The van der Waals surface area contributed by atoms with Crippen molar-refractivity contribution in [3.05, 3.63) is 57.4 Å². The second-order valence-electron chi connectivity index (χ2n) is 4.56. The molecule has 0 atom stereocenters. The number of nitrogens with two attached hydrogens (primary N) is 1. The van der Waals surface area contributed by atoms with Gasteiger partial charge in [-0.15, -0.1) is 0 Å². The summed E-state index contributed by atoms with van der Waals surface area (Å²) in [4.78, 5) is 14.4. The number of hydrogen-bond donors (Lipinski definition) is 2. The van der Waals surface area contributed by atoms with E-state index in [1.54, 1.807) is 32.0 Å². The summed E-state index contributed by atoms with van der Waals surface area (Å²) in [6.07, 6.45) is 1.45. The molecule has 0 aliphatic rings. The third-order valence-corrected chi connectivity index (χ3v) is 2.93. The molecule has 21 heavy (non-hydrogen) atoms. The van der Waals surface area contributed by atoms with Gasteiger partial charge < -0.3 is 10.5 Å². The van der Waals surface area contributed by atoms with Gasteiger partial charge in [-0.1, -0.05) is 0 Å². The Morgan fingerprint density at radius 1 is 1.33 bits per heavy atom. The van der Waals surface area contributed by atoms with Crippen LogP contribution in [0.5, 0.6) is 11.5 Å². The van der Waals surface area contributed by atoms with Crippen LogP contribution in [-0.2, 0) is 0 Å². The van der Waals surface area contributed by atoms with Crippen molar-refractivity contribution in [2.45, 2.75) is 13.8 Å². The molecule has 1 aromatic carbocycles. The highest BCUT2D eigenvalue weighted by atomic mass is 16.6. The maximum Gasteiger partial charge on any atom is 0.272 e. The smallest absolute Gasteiger partial charge is 0.272 e. The lowest BCUT2D eigenvalue weighted by Gasteiger charge is -2.10. The highest BCUT2D eigenvalue weighted by Gasteiger charge is 2.14. The van der Waals surface area contributed by atoms with Crippen LogP contribution in [0.25, 0.3) is 0 Å². The number of nitrogens with zero attached hydrogens (tertiary/aromatic N) is 2. The molecule has 0 fully saturated rings. The number of hydrogen-bond acceptors (Lipinski definition) is 5. The Hall–Kier alpha value is -2.96. The summed E-state index contributed by atoms with van der Waals surface area (Å²) in [5.41, 5.74) is 6.92. The zero-order valence-electron chi connectivity index (χ0n) is 11.6. The lowest BCUT2D eigenvalue weighted by atomic mass is 10.1. The first kappa shape index (κ1) is 14.4. The maximum atomic E-state index is 10.9. The Bertz CT molecular complexity index is 711. The van der Waals surface area contributed by atoms with E-state index < -0.39 is 4.92 Å². The second kappa shape index (κ2) is 5.58. The molecule has 0 aliphatic carbocycles. The molecule has 3 N–H and O–H groups in total. The number of amidine groups is 1. The largest absolute Gasteiger partial charge is 0.455 e.